The van der Waals surface area contributed by atoms with E-state index < -0.39 is 11.5 Å². The number of thiophene rings is 1. The van der Waals surface area contributed by atoms with Crippen LogP contribution in [0.2, 0.25) is 0 Å². The molecule has 0 spiro atoms. The Labute approximate surface area is 131 Å². The Morgan fingerprint density at radius 1 is 1.27 bits per heavy atom. The zero-order valence-electron chi connectivity index (χ0n) is 11.5. The number of aliphatic carboxylic acids is 1. The topological polar surface area (TPSA) is 102 Å². The molecule has 0 radical (unpaired) electrons. The minimum atomic E-state index is -1.33. The van der Waals surface area contributed by atoms with E-state index in [1.165, 1.54) is 18.2 Å². The van der Waals surface area contributed by atoms with Crippen molar-refractivity contribution < 1.29 is 20.1 Å². The number of carboxylic acids is 1. The summed E-state index contributed by atoms with van der Waals surface area (Å²) < 4.78 is 0. The summed E-state index contributed by atoms with van der Waals surface area (Å²) >= 11 is 1.58. The molecule has 22 heavy (non-hydrogen) atoms. The predicted molar refractivity (Wildman–Crippen MR) is 82.7 cm³/mol. The highest BCUT2D eigenvalue weighted by Gasteiger charge is 2.14. The van der Waals surface area contributed by atoms with E-state index in [2.05, 4.69) is 0 Å². The van der Waals surface area contributed by atoms with Crippen LogP contribution in [0.4, 0.5) is 0 Å². The van der Waals surface area contributed by atoms with Crippen LogP contribution >= 0.6 is 11.3 Å². The van der Waals surface area contributed by atoms with Gasteiger partial charge in [0.2, 0.25) is 0 Å². The van der Waals surface area contributed by atoms with Gasteiger partial charge in [-0.1, -0.05) is 12.1 Å². The number of phenols is 2. The molecule has 5 nitrogen and oxygen atoms in total. The van der Waals surface area contributed by atoms with Crippen molar-refractivity contribution in [2.45, 2.75) is 12.8 Å². The Bertz CT molecular complexity index is 757. The van der Waals surface area contributed by atoms with Gasteiger partial charge in [0.1, 0.15) is 11.6 Å². The van der Waals surface area contributed by atoms with Crippen molar-refractivity contribution in [3.05, 3.63) is 51.2 Å². The first-order valence-corrected chi connectivity index (χ1v) is 7.32. The summed E-state index contributed by atoms with van der Waals surface area (Å²) in [5.41, 5.74) is 0.399. The lowest BCUT2D eigenvalue weighted by molar-refractivity contribution is -0.132. The van der Waals surface area contributed by atoms with Crippen LogP contribution in [-0.2, 0) is 17.6 Å². The Morgan fingerprint density at radius 3 is 2.64 bits per heavy atom. The Morgan fingerprint density at radius 2 is 2.05 bits per heavy atom. The molecule has 1 aromatic carbocycles. The molecule has 0 aliphatic rings. The molecule has 0 fully saturated rings. The SMILES string of the molecule is N#CC(=Cc1ccc(O)c(O)c1CCc1cccs1)C(=O)O. The number of aromatic hydroxyl groups is 2. The fourth-order valence-electron chi connectivity index (χ4n) is 2.04. The van der Waals surface area contributed by atoms with Crippen molar-refractivity contribution in [3.63, 3.8) is 0 Å². The summed E-state index contributed by atoms with van der Waals surface area (Å²) in [5.74, 6) is -1.89. The standard InChI is InChI=1S/C16H13NO4S/c17-9-11(16(20)21)8-10-3-6-14(18)15(19)13(10)5-4-12-2-1-7-22-12/h1-3,6-8,18-19H,4-5H2,(H,20,21). The van der Waals surface area contributed by atoms with Gasteiger partial charge >= 0.3 is 5.97 Å². The molecule has 2 aromatic rings. The van der Waals surface area contributed by atoms with Crippen molar-refractivity contribution >= 4 is 23.4 Å². The van der Waals surface area contributed by atoms with Gasteiger partial charge in [-0.3, -0.25) is 0 Å². The molecule has 0 aliphatic heterocycles. The molecule has 1 aromatic heterocycles. The molecule has 0 amide bonds. The third kappa shape index (κ3) is 3.45. The van der Waals surface area contributed by atoms with Crippen molar-refractivity contribution in [1.82, 2.24) is 0 Å². The van der Waals surface area contributed by atoms with E-state index in [-0.39, 0.29) is 11.5 Å². The number of hydrogen-bond acceptors (Lipinski definition) is 5. The van der Waals surface area contributed by atoms with Gasteiger partial charge in [0.15, 0.2) is 11.5 Å². The van der Waals surface area contributed by atoms with E-state index in [0.717, 1.165) is 4.88 Å². The van der Waals surface area contributed by atoms with Crippen molar-refractivity contribution in [1.29, 1.82) is 5.26 Å². The average molecular weight is 315 g/mol. The van der Waals surface area contributed by atoms with Gasteiger partial charge in [-0.2, -0.15) is 5.26 Å². The minimum Gasteiger partial charge on any atom is -0.504 e. The van der Waals surface area contributed by atoms with E-state index in [1.807, 2.05) is 17.5 Å². The number of carboxylic acid groups (broad SMARTS) is 1. The molecule has 0 atom stereocenters. The molecule has 2 rings (SSSR count). The van der Waals surface area contributed by atoms with E-state index >= 15 is 0 Å². The second-order valence-electron chi connectivity index (χ2n) is 4.56. The van der Waals surface area contributed by atoms with Crippen molar-refractivity contribution in [2.75, 3.05) is 0 Å². The summed E-state index contributed by atoms with van der Waals surface area (Å²) in [5, 5.41) is 39.4. The molecular weight excluding hydrogens is 302 g/mol. The highest BCUT2D eigenvalue weighted by Crippen LogP contribution is 2.33. The number of nitriles is 1. The van der Waals surface area contributed by atoms with Crippen LogP contribution in [0.15, 0.2) is 35.2 Å². The first-order chi connectivity index (χ1) is 10.5. The number of benzene rings is 1. The summed E-state index contributed by atoms with van der Waals surface area (Å²) in [6.07, 6.45) is 2.26. The lowest BCUT2D eigenvalue weighted by atomic mass is 9.98. The molecule has 3 N–H and O–H groups in total. The third-order valence-electron chi connectivity index (χ3n) is 3.15. The first kappa shape index (κ1) is 15.6. The van der Waals surface area contributed by atoms with Crippen LogP contribution in [-0.4, -0.2) is 21.3 Å². The summed E-state index contributed by atoms with van der Waals surface area (Å²) in [6, 6.07) is 8.23. The smallest absolute Gasteiger partial charge is 0.346 e. The number of phenolic OH excluding ortho intramolecular Hbond substituents is 2. The maximum absolute atomic E-state index is 10.9. The normalized spacial score (nSPS) is 11.1. The molecule has 112 valence electrons. The van der Waals surface area contributed by atoms with Crippen LogP contribution < -0.4 is 0 Å². The lowest BCUT2D eigenvalue weighted by Crippen LogP contribution is -1.99. The monoisotopic (exact) mass is 315 g/mol. The van der Waals surface area contributed by atoms with Crippen molar-refractivity contribution in [2.24, 2.45) is 0 Å². The van der Waals surface area contributed by atoms with E-state index in [9.17, 15) is 15.0 Å². The molecule has 1 heterocycles. The van der Waals surface area contributed by atoms with Gasteiger partial charge < -0.3 is 15.3 Å². The number of nitrogens with zero attached hydrogens (tertiary/aromatic N) is 1. The minimum absolute atomic E-state index is 0.271. The zero-order valence-corrected chi connectivity index (χ0v) is 12.3. The lowest BCUT2D eigenvalue weighted by Gasteiger charge is -2.10. The van der Waals surface area contributed by atoms with E-state index in [4.69, 9.17) is 10.4 Å². The molecular formula is C16H13NO4S. The molecule has 0 unspecified atom stereocenters. The van der Waals surface area contributed by atoms with Gasteiger partial charge in [0.25, 0.3) is 0 Å². The van der Waals surface area contributed by atoms with Crippen LogP contribution in [0, 0.1) is 11.3 Å². The van der Waals surface area contributed by atoms with Gasteiger partial charge in [-0.25, -0.2) is 4.79 Å². The van der Waals surface area contributed by atoms with Gasteiger partial charge in [0.05, 0.1) is 0 Å². The quantitative estimate of drug-likeness (QED) is 0.447. The van der Waals surface area contributed by atoms with Gasteiger partial charge in [-0.15, -0.1) is 11.3 Å². The maximum atomic E-state index is 10.9. The summed E-state index contributed by atoms with van der Waals surface area (Å²) in [4.78, 5) is 12.0. The Balaban J connectivity index is 2.40. The molecule has 6 heteroatoms. The maximum Gasteiger partial charge on any atom is 0.346 e. The second kappa shape index (κ2) is 6.78. The Kier molecular flexibility index (Phi) is 4.81. The third-order valence-corrected chi connectivity index (χ3v) is 4.09. The largest absolute Gasteiger partial charge is 0.504 e. The highest BCUT2D eigenvalue weighted by molar-refractivity contribution is 7.09. The summed E-state index contributed by atoms with van der Waals surface area (Å²) in [7, 11) is 0. The van der Waals surface area contributed by atoms with Gasteiger partial charge in [0, 0.05) is 10.4 Å². The zero-order chi connectivity index (χ0) is 16.1. The second-order valence-corrected chi connectivity index (χ2v) is 5.59. The average Bonchev–Trinajstić information content (AvgIpc) is 3.00. The fraction of sp³-hybridized carbons (Fsp3) is 0.125. The van der Waals surface area contributed by atoms with Gasteiger partial charge in [-0.05, 0) is 42.0 Å². The van der Waals surface area contributed by atoms with Crippen LogP contribution in [0.3, 0.4) is 0 Å². The van der Waals surface area contributed by atoms with Crippen LogP contribution in [0.25, 0.3) is 6.08 Å². The van der Waals surface area contributed by atoms with E-state index in [1.54, 1.807) is 17.4 Å². The molecule has 0 aliphatic carbocycles. The number of rotatable bonds is 5. The number of aryl methyl sites for hydroxylation is 1. The molecule has 0 bridgehead atoms. The number of hydrogen-bond donors (Lipinski definition) is 3. The van der Waals surface area contributed by atoms with Crippen LogP contribution in [0.5, 0.6) is 11.5 Å². The molecule has 0 saturated carbocycles. The predicted octanol–water partition coefficient (Wildman–Crippen LogP) is 2.94. The fourth-order valence-corrected chi connectivity index (χ4v) is 2.75. The Hall–Kier alpha value is -2.78. The molecule has 0 saturated heterocycles. The highest BCUT2D eigenvalue weighted by atomic mass is 32.1. The summed E-state index contributed by atoms with van der Waals surface area (Å²) in [6.45, 7) is 0. The first-order valence-electron chi connectivity index (χ1n) is 6.44. The van der Waals surface area contributed by atoms with E-state index in [0.29, 0.717) is 24.0 Å². The number of carbonyl (C=O) groups is 1. The van der Waals surface area contributed by atoms with Crippen LogP contribution in [0.1, 0.15) is 16.0 Å². The van der Waals surface area contributed by atoms with Crippen molar-refractivity contribution in [3.8, 4) is 17.6 Å².